The van der Waals surface area contributed by atoms with E-state index in [1.54, 1.807) is 12.4 Å². The summed E-state index contributed by atoms with van der Waals surface area (Å²) in [6.07, 6.45) is 1.76. The Morgan fingerprint density at radius 2 is 1.79 bits per heavy atom. The first-order chi connectivity index (χ1) is 6.76. The van der Waals surface area contributed by atoms with Crippen LogP contribution in [0.4, 0.5) is 0 Å². The fourth-order valence-electron chi connectivity index (χ4n) is 1.13. The second kappa shape index (κ2) is 4.50. The molecule has 0 saturated heterocycles. The summed E-state index contributed by atoms with van der Waals surface area (Å²) >= 11 is 0. The molecular weight excluding hydrogens is 184 g/mol. The molecule has 0 bridgehead atoms. The molecule has 0 N–H and O–H groups in total. The van der Waals surface area contributed by atoms with E-state index in [0.29, 0.717) is 17.2 Å². The Balaban J connectivity index is 3.31. The minimum Gasteiger partial charge on any atom is -0.497 e. The van der Waals surface area contributed by atoms with Crippen molar-refractivity contribution >= 4 is 6.29 Å². The largest absolute Gasteiger partial charge is 0.497 e. The molecule has 0 unspecified atom stereocenters. The fourth-order valence-corrected chi connectivity index (χ4v) is 1.13. The Bertz CT molecular complexity index is 333. The van der Waals surface area contributed by atoms with Crippen molar-refractivity contribution in [2.24, 2.45) is 0 Å². The third-order valence-electron chi connectivity index (χ3n) is 1.80. The molecule has 1 aromatic rings. The van der Waals surface area contributed by atoms with Gasteiger partial charge in [0.2, 0.25) is 6.29 Å². The predicted octanol–water partition coefficient (Wildman–Crippen LogP) is 1.17. The van der Waals surface area contributed by atoms with Crippen molar-refractivity contribution in [2.75, 3.05) is 21.3 Å². The number of benzene rings is 1. The van der Waals surface area contributed by atoms with Gasteiger partial charge in [0.15, 0.2) is 11.5 Å². The summed E-state index contributed by atoms with van der Waals surface area (Å²) in [5, 5.41) is 0. The van der Waals surface area contributed by atoms with Gasteiger partial charge in [-0.25, -0.2) is 0 Å². The Labute approximate surface area is 82.4 Å². The van der Waals surface area contributed by atoms with E-state index < -0.39 is 0 Å². The van der Waals surface area contributed by atoms with Crippen LogP contribution in [0.2, 0.25) is 0 Å². The summed E-state index contributed by atoms with van der Waals surface area (Å²) < 4.78 is 15.0. The van der Waals surface area contributed by atoms with E-state index in [4.69, 9.17) is 14.2 Å². The van der Waals surface area contributed by atoms with Gasteiger partial charge >= 0.3 is 0 Å². The average Bonchev–Trinajstić information content (AvgIpc) is 2.26. The number of hydrogen-bond acceptors (Lipinski definition) is 4. The first kappa shape index (κ1) is 10.4. The maximum Gasteiger partial charge on any atom is 0.237 e. The molecular formula is C10H11O4. The summed E-state index contributed by atoms with van der Waals surface area (Å²) in [6, 6.07) is 3.17. The quantitative estimate of drug-likeness (QED) is 0.723. The molecule has 0 aliphatic carbocycles. The molecule has 1 aromatic carbocycles. The van der Waals surface area contributed by atoms with E-state index >= 15 is 0 Å². The Kier molecular flexibility index (Phi) is 3.34. The van der Waals surface area contributed by atoms with E-state index in [1.807, 2.05) is 0 Å². The van der Waals surface area contributed by atoms with E-state index in [9.17, 15) is 4.79 Å². The van der Waals surface area contributed by atoms with E-state index in [-0.39, 0.29) is 5.56 Å². The predicted molar refractivity (Wildman–Crippen MR) is 50.9 cm³/mol. The lowest BCUT2D eigenvalue weighted by Gasteiger charge is -2.10. The normalized spacial score (nSPS) is 9.36. The number of carbonyl (C=O) groups excluding carboxylic acids is 1. The van der Waals surface area contributed by atoms with Crippen LogP contribution >= 0.6 is 0 Å². The smallest absolute Gasteiger partial charge is 0.237 e. The Morgan fingerprint density at radius 3 is 2.21 bits per heavy atom. The van der Waals surface area contributed by atoms with Gasteiger partial charge in [0.1, 0.15) is 5.75 Å². The minimum atomic E-state index is 0.281. The molecule has 75 valence electrons. The Morgan fingerprint density at radius 1 is 1.07 bits per heavy atom. The SMILES string of the molecule is COc1cc([C]=O)c(OC)c(OC)c1. The molecule has 0 heterocycles. The summed E-state index contributed by atoms with van der Waals surface area (Å²) in [7, 11) is 4.47. The number of rotatable bonds is 4. The topological polar surface area (TPSA) is 44.8 Å². The van der Waals surface area contributed by atoms with Crippen molar-refractivity contribution in [3.8, 4) is 17.2 Å². The van der Waals surface area contributed by atoms with Crippen LogP contribution in [0.3, 0.4) is 0 Å². The monoisotopic (exact) mass is 195 g/mol. The summed E-state index contributed by atoms with van der Waals surface area (Å²) in [4.78, 5) is 10.6. The van der Waals surface area contributed by atoms with E-state index in [1.165, 1.54) is 27.4 Å². The maximum atomic E-state index is 10.6. The minimum absolute atomic E-state index is 0.281. The molecule has 0 saturated carbocycles. The van der Waals surface area contributed by atoms with Gasteiger partial charge in [-0.05, 0) is 6.07 Å². The van der Waals surface area contributed by atoms with Crippen molar-refractivity contribution in [2.45, 2.75) is 0 Å². The second-order valence-electron chi connectivity index (χ2n) is 2.51. The van der Waals surface area contributed by atoms with E-state index in [0.717, 1.165) is 0 Å². The lowest BCUT2D eigenvalue weighted by atomic mass is 10.2. The van der Waals surface area contributed by atoms with Gasteiger partial charge in [-0.1, -0.05) is 0 Å². The molecule has 14 heavy (non-hydrogen) atoms. The third kappa shape index (κ3) is 1.79. The standard InChI is InChI=1S/C10H11O4/c1-12-8-4-7(6-11)10(14-3)9(5-8)13-2/h4-5H,1-3H3. The number of ether oxygens (including phenoxy) is 3. The first-order valence-electron chi connectivity index (χ1n) is 3.95. The average molecular weight is 195 g/mol. The van der Waals surface area contributed by atoms with Gasteiger partial charge in [0.25, 0.3) is 0 Å². The molecule has 1 radical (unpaired) electrons. The lowest BCUT2D eigenvalue weighted by Crippen LogP contribution is -1.96. The van der Waals surface area contributed by atoms with Crippen molar-refractivity contribution in [3.63, 3.8) is 0 Å². The van der Waals surface area contributed by atoms with Gasteiger partial charge < -0.3 is 14.2 Å². The molecule has 0 fully saturated rings. The number of methoxy groups -OCH3 is 3. The molecule has 0 spiro atoms. The molecule has 0 aromatic heterocycles. The molecule has 0 aliphatic rings. The molecule has 0 amide bonds. The zero-order valence-electron chi connectivity index (χ0n) is 8.29. The van der Waals surface area contributed by atoms with Gasteiger partial charge in [-0.3, -0.25) is 4.79 Å². The van der Waals surface area contributed by atoms with Crippen LogP contribution in [-0.4, -0.2) is 27.6 Å². The highest BCUT2D eigenvalue weighted by atomic mass is 16.5. The van der Waals surface area contributed by atoms with Crippen molar-refractivity contribution in [3.05, 3.63) is 17.7 Å². The van der Waals surface area contributed by atoms with Crippen LogP contribution in [0.5, 0.6) is 17.2 Å². The number of hydrogen-bond donors (Lipinski definition) is 0. The van der Waals surface area contributed by atoms with Crippen molar-refractivity contribution in [1.82, 2.24) is 0 Å². The summed E-state index contributed by atoms with van der Waals surface area (Å²) in [5.74, 6) is 1.34. The summed E-state index contributed by atoms with van der Waals surface area (Å²) in [5.41, 5.74) is 0.281. The lowest BCUT2D eigenvalue weighted by molar-refractivity contribution is 0.348. The van der Waals surface area contributed by atoms with Crippen LogP contribution in [-0.2, 0) is 4.79 Å². The molecule has 1 rings (SSSR count). The van der Waals surface area contributed by atoms with Crippen LogP contribution in [0, 0.1) is 0 Å². The zero-order chi connectivity index (χ0) is 10.6. The highest BCUT2D eigenvalue weighted by Crippen LogP contribution is 2.34. The van der Waals surface area contributed by atoms with Crippen molar-refractivity contribution in [1.29, 1.82) is 0 Å². The van der Waals surface area contributed by atoms with Gasteiger partial charge in [0, 0.05) is 6.07 Å². The van der Waals surface area contributed by atoms with Crippen LogP contribution < -0.4 is 14.2 Å². The van der Waals surface area contributed by atoms with Gasteiger partial charge in [-0.15, -0.1) is 0 Å². The van der Waals surface area contributed by atoms with Crippen molar-refractivity contribution < 1.29 is 19.0 Å². The van der Waals surface area contributed by atoms with Gasteiger partial charge in [-0.2, -0.15) is 0 Å². The second-order valence-corrected chi connectivity index (χ2v) is 2.51. The fraction of sp³-hybridized carbons (Fsp3) is 0.300. The van der Waals surface area contributed by atoms with Crippen LogP contribution in [0.1, 0.15) is 5.56 Å². The van der Waals surface area contributed by atoms with E-state index in [2.05, 4.69) is 0 Å². The highest BCUT2D eigenvalue weighted by Gasteiger charge is 2.12. The highest BCUT2D eigenvalue weighted by molar-refractivity contribution is 5.82. The summed E-state index contributed by atoms with van der Waals surface area (Å²) in [6.45, 7) is 0. The van der Waals surface area contributed by atoms with Crippen LogP contribution in [0.15, 0.2) is 12.1 Å². The van der Waals surface area contributed by atoms with Crippen LogP contribution in [0.25, 0.3) is 0 Å². The third-order valence-corrected chi connectivity index (χ3v) is 1.80. The molecule has 4 heteroatoms. The first-order valence-corrected chi connectivity index (χ1v) is 3.95. The molecule has 4 nitrogen and oxygen atoms in total. The zero-order valence-corrected chi connectivity index (χ0v) is 8.29. The molecule has 0 atom stereocenters. The maximum absolute atomic E-state index is 10.6. The van der Waals surface area contributed by atoms with Gasteiger partial charge in [0.05, 0.1) is 26.9 Å². The Hall–Kier alpha value is -1.71. The molecule has 0 aliphatic heterocycles.